The van der Waals surface area contributed by atoms with Gasteiger partial charge in [0.2, 0.25) is 5.91 Å². The van der Waals surface area contributed by atoms with Gasteiger partial charge >= 0.3 is 12.1 Å². The first-order valence-corrected chi connectivity index (χ1v) is 11.9. The monoisotopic (exact) mass is 478 g/mol. The van der Waals surface area contributed by atoms with Crippen molar-refractivity contribution in [2.45, 2.75) is 32.2 Å². The summed E-state index contributed by atoms with van der Waals surface area (Å²) in [4.78, 5) is 39.4. The predicted octanol–water partition coefficient (Wildman–Crippen LogP) is 3.25. The SMILES string of the molecule is CC1(C(=O)O)CCN(C(=O)C2(C)COCC2NC(=O)OCC2c3ccccc3-c3ccccc32)C1. The summed E-state index contributed by atoms with van der Waals surface area (Å²) >= 11 is 0. The topological polar surface area (TPSA) is 105 Å². The van der Waals surface area contributed by atoms with Crippen LogP contribution in [0.4, 0.5) is 4.79 Å². The Morgan fingerprint density at radius 1 is 1.09 bits per heavy atom. The van der Waals surface area contributed by atoms with Crippen LogP contribution in [-0.2, 0) is 19.1 Å². The van der Waals surface area contributed by atoms with Gasteiger partial charge in [0.15, 0.2) is 0 Å². The van der Waals surface area contributed by atoms with E-state index in [1.807, 2.05) is 24.3 Å². The molecule has 2 aromatic carbocycles. The molecule has 184 valence electrons. The zero-order chi connectivity index (χ0) is 24.8. The van der Waals surface area contributed by atoms with Crippen molar-refractivity contribution in [1.82, 2.24) is 10.2 Å². The number of nitrogens with one attached hydrogen (secondary N) is 1. The van der Waals surface area contributed by atoms with Crippen molar-refractivity contribution in [3.63, 3.8) is 0 Å². The van der Waals surface area contributed by atoms with Gasteiger partial charge in [0, 0.05) is 19.0 Å². The van der Waals surface area contributed by atoms with Crippen LogP contribution in [0, 0.1) is 10.8 Å². The van der Waals surface area contributed by atoms with Gasteiger partial charge in [-0.05, 0) is 42.5 Å². The van der Waals surface area contributed by atoms with E-state index in [1.54, 1.807) is 18.7 Å². The standard InChI is InChI=1S/C27H30N2O6/c1-26(24(31)32)11-12-29(15-26)23(30)27(2)16-34-14-22(27)28-25(33)35-13-21-19-9-5-3-7-17(19)18-8-4-6-10-20(18)21/h3-10,21-22H,11-16H2,1-2H3,(H,28,33)(H,31,32). The second kappa shape index (κ2) is 8.68. The maximum absolute atomic E-state index is 13.4. The fraction of sp³-hybridized carbons (Fsp3) is 0.444. The molecule has 3 unspecified atom stereocenters. The molecule has 5 rings (SSSR count). The summed E-state index contributed by atoms with van der Waals surface area (Å²) in [5, 5.41) is 12.3. The molecule has 8 nitrogen and oxygen atoms in total. The second-order valence-electron chi connectivity index (χ2n) is 10.3. The third-order valence-corrected chi connectivity index (χ3v) is 7.86. The number of carbonyl (C=O) groups excluding carboxylic acids is 2. The van der Waals surface area contributed by atoms with Crippen molar-refractivity contribution in [3.05, 3.63) is 59.7 Å². The highest BCUT2D eigenvalue weighted by Crippen LogP contribution is 2.44. The molecule has 0 bridgehead atoms. The highest BCUT2D eigenvalue weighted by atomic mass is 16.5. The Kier molecular flexibility index (Phi) is 5.79. The summed E-state index contributed by atoms with van der Waals surface area (Å²) in [6.07, 6.45) is -0.201. The first kappa shape index (κ1) is 23.4. The van der Waals surface area contributed by atoms with E-state index in [1.165, 1.54) is 0 Å². The van der Waals surface area contributed by atoms with E-state index in [0.29, 0.717) is 13.0 Å². The number of likely N-dealkylation sites (tertiary alicyclic amines) is 1. The molecule has 0 aromatic heterocycles. The molecule has 2 fully saturated rings. The highest BCUT2D eigenvalue weighted by molar-refractivity contribution is 5.86. The van der Waals surface area contributed by atoms with Gasteiger partial charge in [-0.1, -0.05) is 48.5 Å². The van der Waals surface area contributed by atoms with Crippen LogP contribution in [0.3, 0.4) is 0 Å². The summed E-state index contributed by atoms with van der Waals surface area (Å²) in [6, 6.07) is 15.7. The minimum atomic E-state index is -0.991. The van der Waals surface area contributed by atoms with Crippen LogP contribution in [0.2, 0.25) is 0 Å². The zero-order valence-corrected chi connectivity index (χ0v) is 20.0. The van der Waals surface area contributed by atoms with Crippen LogP contribution in [0.15, 0.2) is 48.5 Å². The van der Waals surface area contributed by atoms with Gasteiger partial charge in [-0.25, -0.2) is 4.79 Å². The lowest BCUT2D eigenvalue weighted by atomic mass is 9.83. The molecule has 0 saturated carbocycles. The molecule has 2 aromatic rings. The normalized spacial score (nSPS) is 27.4. The Bertz CT molecular complexity index is 1140. The molecule has 1 aliphatic carbocycles. The number of ether oxygens (including phenoxy) is 2. The number of benzene rings is 2. The Balaban J connectivity index is 1.24. The molecule has 2 saturated heterocycles. The molecule has 3 aliphatic rings. The van der Waals surface area contributed by atoms with Gasteiger partial charge in [0.25, 0.3) is 0 Å². The number of carboxylic acids is 1. The number of alkyl carbamates (subject to hydrolysis) is 1. The Hall–Kier alpha value is -3.39. The smallest absolute Gasteiger partial charge is 0.407 e. The summed E-state index contributed by atoms with van der Waals surface area (Å²) in [5.41, 5.74) is 2.61. The number of nitrogens with zero attached hydrogens (tertiary/aromatic N) is 1. The number of hydrogen-bond acceptors (Lipinski definition) is 5. The van der Waals surface area contributed by atoms with E-state index in [0.717, 1.165) is 22.3 Å². The van der Waals surface area contributed by atoms with Gasteiger partial charge in [0.1, 0.15) is 6.61 Å². The third kappa shape index (κ3) is 3.95. The Labute approximate surface area is 204 Å². The predicted molar refractivity (Wildman–Crippen MR) is 128 cm³/mol. The van der Waals surface area contributed by atoms with E-state index in [4.69, 9.17) is 9.47 Å². The van der Waals surface area contributed by atoms with Gasteiger partial charge in [-0.3, -0.25) is 9.59 Å². The quantitative estimate of drug-likeness (QED) is 0.684. The molecular weight excluding hydrogens is 448 g/mol. The van der Waals surface area contributed by atoms with Gasteiger partial charge in [-0.15, -0.1) is 0 Å². The lowest BCUT2D eigenvalue weighted by Crippen LogP contribution is -2.54. The molecule has 2 heterocycles. The molecular formula is C27H30N2O6. The van der Waals surface area contributed by atoms with Crippen LogP contribution in [0.25, 0.3) is 11.1 Å². The van der Waals surface area contributed by atoms with Gasteiger partial charge in [-0.2, -0.15) is 0 Å². The molecule has 2 amide bonds. The van der Waals surface area contributed by atoms with Crippen LogP contribution in [-0.4, -0.2) is 66.9 Å². The molecule has 2 aliphatic heterocycles. The Morgan fingerprint density at radius 2 is 1.71 bits per heavy atom. The van der Waals surface area contributed by atoms with Crippen LogP contribution >= 0.6 is 0 Å². The van der Waals surface area contributed by atoms with E-state index in [2.05, 4.69) is 29.6 Å². The number of carboxylic acid groups (broad SMARTS) is 1. The first-order chi connectivity index (χ1) is 16.7. The van der Waals surface area contributed by atoms with E-state index in [-0.39, 0.29) is 38.2 Å². The van der Waals surface area contributed by atoms with E-state index >= 15 is 0 Å². The van der Waals surface area contributed by atoms with Crippen LogP contribution in [0.5, 0.6) is 0 Å². The number of fused-ring (bicyclic) bond motifs is 3. The van der Waals surface area contributed by atoms with Crippen molar-refractivity contribution in [2.24, 2.45) is 10.8 Å². The number of carbonyl (C=O) groups is 3. The van der Waals surface area contributed by atoms with Crippen molar-refractivity contribution in [1.29, 1.82) is 0 Å². The van der Waals surface area contributed by atoms with Crippen LogP contribution in [0.1, 0.15) is 37.3 Å². The maximum Gasteiger partial charge on any atom is 0.407 e. The van der Waals surface area contributed by atoms with E-state index in [9.17, 15) is 19.5 Å². The van der Waals surface area contributed by atoms with Crippen molar-refractivity contribution in [3.8, 4) is 11.1 Å². The van der Waals surface area contributed by atoms with Crippen LogP contribution < -0.4 is 5.32 Å². The fourth-order valence-electron chi connectivity index (χ4n) is 5.54. The number of hydrogen-bond donors (Lipinski definition) is 2. The minimum Gasteiger partial charge on any atom is -0.481 e. The minimum absolute atomic E-state index is 0.0562. The van der Waals surface area contributed by atoms with Gasteiger partial charge < -0.3 is 24.8 Å². The maximum atomic E-state index is 13.4. The fourth-order valence-corrected chi connectivity index (χ4v) is 5.54. The lowest BCUT2D eigenvalue weighted by molar-refractivity contribution is -0.148. The molecule has 2 N–H and O–H groups in total. The summed E-state index contributed by atoms with van der Waals surface area (Å²) in [5.74, 6) is -1.17. The Morgan fingerprint density at radius 3 is 2.31 bits per heavy atom. The van der Waals surface area contributed by atoms with E-state index < -0.39 is 28.9 Å². The number of amides is 2. The number of aliphatic carboxylic acids is 1. The van der Waals surface area contributed by atoms with Crippen molar-refractivity contribution in [2.75, 3.05) is 32.9 Å². The number of rotatable bonds is 5. The molecule has 0 spiro atoms. The largest absolute Gasteiger partial charge is 0.481 e. The molecule has 8 heteroatoms. The first-order valence-electron chi connectivity index (χ1n) is 11.9. The molecule has 3 atom stereocenters. The summed E-state index contributed by atoms with van der Waals surface area (Å²) < 4.78 is 11.2. The van der Waals surface area contributed by atoms with Crippen molar-refractivity contribution >= 4 is 18.0 Å². The molecule has 0 radical (unpaired) electrons. The molecule has 35 heavy (non-hydrogen) atoms. The average Bonchev–Trinajstić information content (AvgIpc) is 3.52. The zero-order valence-electron chi connectivity index (χ0n) is 20.0. The third-order valence-electron chi connectivity index (χ3n) is 7.86. The second-order valence-corrected chi connectivity index (χ2v) is 10.3. The summed E-state index contributed by atoms with van der Waals surface area (Å²) in [6.45, 7) is 4.46. The lowest BCUT2D eigenvalue weighted by Gasteiger charge is -2.33. The van der Waals surface area contributed by atoms with Gasteiger partial charge in [0.05, 0.1) is 30.1 Å². The summed E-state index contributed by atoms with van der Waals surface area (Å²) in [7, 11) is 0. The average molecular weight is 479 g/mol. The van der Waals surface area contributed by atoms with Crippen molar-refractivity contribution < 1.29 is 29.0 Å². The highest BCUT2D eigenvalue weighted by Gasteiger charge is 2.52.